The average Bonchev–Trinajstić information content (AvgIpc) is 2.38. The van der Waals surface area contributed by atoms with Gasteiger partial charge < -0.3 is 10.1 Å². The third-order valence-corrected chi connectivity index (χ3v) is 4.62. The van der Waals surface area contributed by atoms with Gasteiger partial charge in [-0.2, -0.15) is 0 Å². The van der Waals surface area contributed by atoms with Gasteiger partial charge in [-0.25, -0.2) is 8.42 Å². The van der Waals surface area contributed by atoms with Crippen LogP contribution in [0.5, 0.6) is 0 Å². The number of anilines is 2. The number of para-hydroxylation sites is 2. The first kappa shape index (κ1) is 13.8. The van der Waals surface area contributed by atoms with E-state index in [-0.39, 0.29) is 18.2 Å². The summed E-state index contributed by atoms with van der Waals surface area (Å²) >= 11 is 0. The second-order valence-corrected chi connectivity index (χ2v) is 6.25. The van der Waals surface area contributed by atoms with Crippen molar-refractivity contribution in [3.63, 3.8) is 0 Å². The molecular formula is C12H16N2O4S. The van der Waals surface area contributed by atoms with Gasteiger partial charge in [0.2, 0.25) is 15.9 Å². The molecule has 1 N–H and O–H groups in total. The van der Waals surface area contributed by atoms with Gasteiger partial charge in [0.15, 0.2) is 0 Å². The van der Waals surface area contributed by atoms with Gasteiger partial charge in [-0.05, 0) is 18.6 Å². The van der Waals surface area contributed by atoms with Crippen LogP contribution in [0.15, 0.2) is 24.3 Å². The molecule has 104 valence electrons. The highest BCUT2D eigenvalue weighted by Crippen LogP contribution is 2.31. The van der Waals surface area contributed by atoms with Gasteiger partial charge in [0, 0.05) is 13.7 Å². The zero-order valence-corrected chi connectivity index (χ0v) is 11.4. The fraction of sp³-hybridized carbons (Fsp3) is 0.417. The van der Waals surface area contributed by atoms with E-state index in [0.29, 0.717) is 24.4 Å². The fourth-order valence-corrected chi connectivity index (χ4v) is 3.42. The molecule has 1 aliphatic rings. The molecule has 0 spiro atoms. The lowest BCUT2D eigenvalue weighted by Gasteiger charge is -2.30. The average molecular weight is 284 g/mol. The third-order valence-electron chi connectivity index (χ3n) is 2.82. The molecule has 1 aromatic rings. The van der Waals surface area contributed by atoms with E-state index in [1.165, 1.54) is 7.11 Å². The molecule has 0 radical (unpaired) electrons. The minimum absolute atomic E-state index is 0.0392. The lowest BCUT2D eigenvalue weighted by molar-refractivity contribution is -0.115. The van der Waals surface area contributed by atoms with E-state index >= 15 is 0 Å². The summed E-state index contributed by atoms with van der Waals surface area (Å²) in [5, 5.41) is 2.66. The van der Waals surface area contributed by atoms with E-state index < -0.39 is 10.0 Å². The van der Waals surface area contributed by atoms with E-state index in [0.717, 1.165) is 4.31 Å². The molecule has 1 heterocycles. The van der Waals surface area contributed by atoms with Gasteiger partial charge >= 0.3 is 0 Å². The first-order chi connectivity index (χ1) is 9.04. The second-order valence-electron chi connectivity index (χ2n) is 4.23. The molecule has 1 amide bonds. The largest absolute Gasteiger partial charge is 0.385 e. The third kappa shape index (κ3) is 3.05. The van der Waals surface area contributed by atoms with Crippen molar-refractivity contribution in [2.45, 2.75) is 6.42 Å². The zero-order valence-electron chi connectivity index (χ0n) is 10.6. The van der Waals surface area contributed by atoms with Crippen LogP contribution in [0.1, 0.15) is 6.42 Å². The maximum atomic E-state index is 12.3. The van der Waals surface area contributed by atoms with Crippen molar-refractivity contribution < 1.29 is 17.9 Å². The molecule has 0 aliphatic carbocycles. The number of hydrogen-bond acceptors (Lipinski definition) is 4. The van der Waals surface area contributed by atoms with Crippen LogP contribution in [0.2, 0.25) is 0 Å². The van der Waals surface area contributed by atoms with Crippen LogP contribution >= 0.6 is 0 Å². The number of methoxy groups -OCH3 is 1. The number of sulfonamides is 1. The smallest absolute Gasteiger partial charge is 0.245 e. The second kappa shape index (κ2) is 5.58. The monoisotopic (exact) mass is 284 g/mol. The van der Waals surface area contributed by atoms with Crippen molar-refractivity contribution in [1.29, 1.82) is 0 Å². The molecule has 0 saturated carbocycles. The lowest BCUT2D eigenvalue weighted by Crippen LogP contribution is -2.43. The highest BCUT2D eigenvalue weighted by atomic mass is 32.2. The molecule has 19 heavy (non-hydrogen) atoms. The molecule has 0 fully saturated rings. The summed E-state index contributed by atoms with van der Waals surface area (Å²) in [6.07, 6.45) is 0.402. The molecule has 6 nitrogen and oxygen atoms in total. The number of carbonyl (C=O) groups excluding carboxylic acids is 1. The quantitative estimate of drug-likeness (QED) is 0.812. The van der Waals surface area contributed by atoms with Gasteiger partial charge in [-0.3, -0.25) is 9.10 Å². The minimum Gasteiger partial charge on any atom is -0.385 e. The van der Waals surface area contributed by atoms with E-state index in [2.05, 4.69) is 5.32 Å². The summed E-state index contributed by atoms with van der Waals surface area (Å²) in [4.78, 5) is 11.6. The molecule has 0 saturated heterocycles. The number of rotatable bonds is 5. The van der Waals surface area contributed by atoms with Crippen LogP contribution < -0.4 is 9.62 Å². The number of fused-ring (bicyclic) bond motifs is 1. The van der Waals surface area contributed by atoms with Gasteiger partial charge in [0.05, 0.1) is 17.1 Å². The highest BCUT2D eigenvalue weighted by molar-refractivity contribution is 7.92. The minimum atomic E-state index is -3.51. The summed E-state index contributed by atoms with van der Waals surface area (Å²) in [5.74, 6) is -0.364. The number of carbonyl (C=O) groups is 1. The Morgan fingerprint density at radius 2 is 2.11 bits per heavy atom. The number of nitrogens with zero attached hydrogens (tertiary/aromatic N) is 1. The summed E-state index contributed by atoms with van der Waals surface area (Å²) in [7, 11) is -1.99. The standard InChI is InChI=1S/C12H16N2O4S/c1-18-7-4-8-19(16,17)14-9-12(15)13-10-5-2-3-6-11(10)14/h2-3,5-6H,4,7-9H2,1H3,(H,13,15). The zero-order chi connectivity index (χ0) is 13.9. The molecule has 7 heteroatoms. The molecule has 2 rings (SSSR count). The van der Waals surface area contributed by atoms with Crippen LogP contribution in [0, 0.1) is 0 Å². The summed E-state index contributed by atoms with van der Waals surface area (Å²) < 4.78 is 30.5. The van der Waals surface area contributed by atoms with Gasteiger partial charge in [0.1, 0.15) is 6.54 Å². The predicted octanol–water partition coefficient (Wildman–Crippen LogP) is 0.811. The Morgan fingerprint density at radius 1 is 1.37 bits per heavy atom. The Hall–Kier alpha value is -1.60. The van der Waals surface area contributed by atoms with Crippen LogP contribution in [-0.4, -0.2) is 40.3 Å². The molecule has 0 atom stereocenters. The SMILES string of the molecule is COCCCS(=O)(=O)N1CC(=O)Nc2ccccc21. The Balaban J connectivity index is 2.27. The topological polar surface area (TPSA) is 75.7 Å². The molecule has 0 aromatic heterocycles. The first-order valence-electron chi connectivity index (χ1n) is 5.93. The van der Waals surface area contributed by atoms with Crippen molar-refractivity contribution in [3.05, 3.63) is 24.3 Å². The van der Waals surface area contributed by atoms with E-state index in [4.69, 9.17) is 4.74 Å². The number of benzene rings is 1. The summed E-state index contributed by atoms with van der Waals surface area (Å²) in [5.41, 5.74) is 1.04. The Kier molecular flexibility index (Phi) is 4.06. The number of ether oxygens (including phenoxy) is 1. The molecule has 0 unspecified atom stereocenters. The summed E-state index contributed by atoms with van der Waals surface area (Å²) in [6.45, 7) is 0.202. The normalized spacial score (nSPS) is 15.0. The number of nitrogens with one attached hydrogen (secondary N) is 1. The van der Waals surface area contributed by atoms with Gasteiger partial charge in [-0.1, -0.05) is 12.1 Å². The maximum Gasteiger partial charge on any atom is 0.245 e. The van der Waals surface area contributed by atoms with E-state index in [1.54, 1.807) is 24.3 Å². The van der Waals surface area contributed by atoms with E-state index in [9.17, 15) is 13.2 Å². The lowest BCUT2D eigenvalue weighted by atomic mass is 10.2. The van der Waals surface area contributed by atoms with Crippen molar-refractivity contribution in [2.24, 2.45) is 0 Å². The fourth-order valence-electron chi connectivity index (χ4n) is 1.95. The predicted molar refractivity (Wildman–Crippen MR) is 72.7 cm³/mol. The summed E-state index contributed by atoms with van der Waals surface area (Å²) in [6, 6.07) is 6.86. The van der Waals surface area contributed by atoms with Crippen molar-refractivity contribution in [3.8, 4) is 0 Å². The van der Waals surface area contributed by atoms with Crippen molar-refractivity contribution in [2.75, 3.05) is 35.6 Å². The molecular weight excluding hydrogens is 268 g/mol. The Bertz CT molecular complexity index is 571. The first-order valence-corrected chi connectivity index (χ1v) is 7.54. The number of hydrogen-bond donors (Lipinski definition) is 1. The Morgan fingerprint density at radius 3 is 2.84 bits per heavy atom. The molecule has 1 aliphatic heterocycles. The molecule has 0 bridgehead atoms. The van der Waals surface area contributed by atoms with Crippen molar-refractivity contribution in [1.82, 2.24) is 0 Å². The van der Waals surface area contributed by atoms with Gasteiger partial charge in [-0.15, -0.1) is 0 Å². The van der Waals surface area contributed by atoms with E-state index in [1.807, 2.05) is 0 Å². The Labute approximate surface area is 112 Å². The maximum absolute atomic E-state index is 12.3. The van der Waals surface area contributed by atoms with Crippen LogP contribution in [-0.2, 0) is 19.6 Å². The van der Waals surface area contributed by atoms with Crippen LogP contribution in [0.4, 0.5) is 11.4 Å². The number of amides is 1. The van der Waals surface area contributed by atoms with Crippen LogP contribution in [0.25, 0.3) is 0 Å². The highest BCUT2D eigenvalue weighted by Gasteiger charge is 2.30. The molecule has 1 aromatic carbocycles. The van der Waals surface area contributed by atoms with Crippen LogP contribution in [0.3, 0.4) is 0 Å². The van der Waals surface area contributed by atoms with Gasteiger partial charge in [0.25, 0.3) is 0 Å². The van der Waals surface area contributed by atoms with Crippen molar-refractivity contribution >= 4 is 27.3 Å².